The third-order valence-corrected chi connectivity index (χ3v) is 5.76. The third-order valence-electron chi connectivity index (χ3n) is 5.76. The lowest BCUT2D eigenvalue weighted by Crippen LogP contribution is -2.45. The molecule has 1 heterocycles. The van der Waals surface area contributed by atoms with Gasteiger partial charge in [0.25, 0.3) is 5.91 Å². The Balaban J connectivity index is 1.91. The molecule has 1 aliphatic heterocycles. The minimum Gasteiger partial charge on any atom is -0.497 e. The highest BCUT2D eigenvalue weighted by Crippen LogP contribution is 2.43. The fraction of sp³-hybridized carbons (Fsp3) is 0.333. The number of anilines is 2. The summed E-state index contributed by atoms with van der Waals surface area (Å²) in [5.74, 6) is -0.165. The number of amides is 1. The molecule has 1 aliphatic rings. The van der Waals surface area contributed by atoms with Crippen LogP contribution in [-0.2, 0) is 4.79 Å². The van der Waals surface area contributed by atoms with E-state index in [1.807, 2.05) is 13.1 Å². The fourth-order valence-corrected chi connectivity index (χ4v) is 3.89. The Bertz CT molecular complexity index is 1040. The van der Waals surface area contributed by atoms with Gasteiger partial charge in [0, 0.05) is 29.5 Å². The van der Waals surface area contributed by atoms with Gasteiger partial charge in [0.1, 0.15) is 23.2 Å². The number of fused-ring (bicyclic) bond motifs is 1. The van der Waals surface area contributed by atoms with Gasteiger partial charge in [-0.25, -0.2) is 4.39 Å². The highest BCUT2D eigenvalue weighted by Gasteiger charge is 2.34. The van der Waals surface area contributed by atoms with Crippen molar-refractivity contribution in [3.8, 4) is 11.8 Å². The van der Waals surface area contributed by atoms with Crippen LogP contribution in [-0.4, -0.2) is 25.6 Å². The van der Waals surface area contributed by atoms with Crippen molar-refractivity contribution in [3.63, 3.8) is 0 Å². The number of rotatable bonds is 4. The molecule has 2 aromatic carbocycles. The van der Waals surface area contributed by atoms with E-state index < -0.39 is 11.7 Å². The van der Waals surface area contributed by atoms with E-state index in [0.29, 0.717) is 11.4 Å². The van der Waals surface area contributed by atoms with Gasteiger partial charge in [0.05, 0.1) is 7.11 Å². The van der Waals surface area contributed by atoms with Gasteiger partial charge in [-0.2, -0.15) is 5.26 Å². The van der Waals surface area contributed by atoms with Crippen LogP contribution in [0.25, 0.3) is 6.08 Å². The molecular weight excluding hydrogens is 381 g/mol. The van der Waals surface area contributed by atoms with E-state index >= 15 is 0 Å². The van der Waals surface area contributed by atoms with Crippen molar-refractivity contribution in [2.45, 2.75) is 38.6 Å². The molecule has 156 valence electrons. The van der Waals surface area contributed by atoms with Crippen molar-refractivity contribution in [1.29, 1.82) is 5.26 Å². The molecule has 0 radical (unpaired) electrons. The number of halogens is 1. The smallest absolute Gasteiger partial charge is 0.266 e. The standard InChI is InChI=1S/C24H26FN3O2/c1-15-13-24(2,3)28(4)22-12-21(25)16(11-20(15)22)10-17(14-26)23(29)27-18-6-8-19(30-5)9-7-18/h6-12,15H,13H2,1-5H3,(H,27,29)/b17-10+. The zero-order valence-electron chi connectivity index (χ0n) is 17.9. The van der Waals surface area contributed by atoms with E-state index in [1.54, 1.807) is 37.4 Å². The van der Waals surface area contributed by atoms with E-state index in [-0.39, 0.29) is 22.6 Å². The molecule has 0 saturated heterocycles. The third kappa shape index (κ3) is 4.16. The summed E-state index contributed by atoms with van der Waals surface area (Å²) in [4.78, 5) is 14.6. The molecule has 6 heteroatoms. The molecule has 2 aromatic rings. The highest BCUT2D eigenvalue weighted by molar-refractivity contribution is 6.09. The topological polar surface area (TPSA) is 65.4 Å². The number of carbonyl (C=O) groups is 1. The summed E-state index contributed by atoms with van der Waals surface area (Å²) < 4.78 is 20.0. The lowest BCUT2D eigenvalue weighted by Gasteiger charge is -2.45. The molecule has 1 amide bonds. The summed E-state index contributed by atoms with van der Waals surface area (Å²) in [6.45, 7) is 6.38. The Morgan fingerprint density at radius 3 is 2.60 bits per heavy atom. The summed E-state index contributed by atoms with van der Waals surface area (Å²) in [6.07, 6.45) is 2.23. The molecule has 0 spiro atoms. The monoisotopic (exact) mass is 407 g/mol. The number of carbonyl (C=O) groups excluding carboxylic acids is 1. The Hall–Kier alpha value is -3.33. The molecule has 0 aliphatic carbocycles. The minimum atomic E-state index is -0.592. The maximum Gasteiger partial charge on any atom is 0.266 e. The largest absolute Gasteiger partial charge is 0.497 e. The first kappa shape index (κ1) is 21.4. The number of methoxy groups -OCH3 is 1. The van der Waals surface area contributed by atoms with Crippen LogP contribution in [0.3, 0.4) is 0 Å². The van der Waals surface area contributed by atoms with Crippen molar-refractivity contribution in [1.82, 2.24) is 0 Å². The van der Waals surface area contributed by atoms with Crippen molar-refractivity contribution >= 4 is 23.4 Å². The maximum atomic E-state index is 14.9. The lowest BCUT2D eigenvalue weighted by atomic mass is 9.80. The quantitative estimate of drug-likeness (QED) is 0.566. The molecule has 1 unspecified atom stereocenters. The number of hydrogen-bond acceptors (Lipinski definition) is 4. The van der Waals surface area contributed by atoms with Gasteiger partial charge < -0.3 is 15.0 Å². The molecule has 5 nitrogen and oxygen atoms in total. The highest BCUT2D eigenvalue weighted by atomic mass is 19.1. The molecule has 1 N–H and O–H groups in total. The van der Waals surface area contributed by atoms with Gasteiger partial charge in [-0.3, -0.25) is 4.79 Å². The number of ether oxygens (including phenoxy) is 1. The zero-order chi connectivity index (χ0) is 22.1. The van der Waals surface area contributed by atoms with Crippen molar-refractivity contribution < 1.29 is 13.9 Å². The molecule has 0 bridgehead atoms. The molecular formula is C24H26FN3O2. The van der Waals surface area contributed by atoms with Crippen LogP contribution in [0.4, 0.5) is 15.8 Å². The molecule has 0 aromatic heterocycles. The van der Waals surface area contributed by atoms with E-state index in [2.05, 4.69) is 31.0 Å². The molecule has 3 rings (SSSR count). The van der Waals surface area contributed by atoms with Gasteiger partial charge in [0.15, 0.2) is 0 Å². The maximum absolute atomic E-state index is 14.9. The Labute approximate surface area is 176 Å². The van der Waals surface area contributed by atoms with Crippen LogP contribution in [0.1, 0.15) is 44.2 Å². The number of benzene rings is 2. The Morgan fingerprint density at radius 1 is 1.33 bits per heavy atom. The van der Waals surface area contributed by atoms with Crippen LogP contribution in [0.5, 0.6) is 5.75 Å². The molecule has 30 heavy (non-hydrogen) atoms. The first-order valence-electron chi connectivity index (χ1n) is 9.80. The van der Waals surface area contributed by atoms with Crippen LogP contribution in [0, 0.1) is 17.1 Å². The second-order valence-corrected chi connectivity index (χ2v) is 8.26. The van der Waals surface area contributed by atoms with Crippen LogP contribution in [0.15, 0.2) is 42.0 Å². The average molecular weight is 407 g/mol. The fourth-order valence-electron chi connectivity index (χ4n) is 3.89. The SMILES string of the molecule is COc1ccc(NC(=O)/C(C#N)=C/c2cc3c(cc2F)N(C)C(C)(C)CC3C)cc1. The average Bonchev–Trinajstić information content (AvgIpc) is 2.71. The molecule has 0 saturated carbocycles. The van der Waals surface area contributed by atoms with Gasteiger partial charge in [0.2, 0.25) is 0 Å². The summed E-state index contributed by atoms with van der Waals surface area (Å²) in [6, 6.07) is 11.9. The van der Waals surface area contributed by atoms with Gasteiger partial charge >= 0.3 is 0 Å². The number of nitrogens with zero attached hydrogens (tertiary/aromatic N) is 2. The summed E-state index contributed by atoms with van der Waals surface area (Å²) >= 11 is 0. The molecule has 0 fully saturated rings. The minimum absolute atomic E-state index is 0.0771. The van der Waals surface area contributed by atoms with E-state index in [4.69, 9.17) is 4.74 Å². The first-order valence-corrected chi connectivity index (χ1v) is 9.80. The number of nitriles is 1. The summed E-state index contributed by atoms with van der Waals surface area (Å²) in [7, 11) is 3.51. The van der Waals surface area contributed by atoms with Gasteiger partial charge in [-0.15, -0.1) is 0 Å². The lowest BCUT2D eigenvalue weighted by molar-refractivity contribution is -0.112. The van der Waals surface area contributed by atoms with Gasteiger partial charge in [-0.05, 0) is 74.2 Å². The van der Waals surface area contributed by atoms with E-state index in [9.17, 15) is 14.4 Å². The number of hydrogen-bond donors (Lipinski definition) is 1. The summed E-state index contributed by atoms with van der Waals surface area (Å²) in [5.41, 5.74) is 2.36. The Morgan fingerprint density at radius 2 is 2.00 bits per heavy atom. The predicted octanol–water partition coefficient (Wildman–Crippen LogP) is 5.10. The van der Waals surface area contributed by atoms with Crippen molar-refractivity contribution in [2.75, 3.05) is 24.4 Å². The second kappa shape index (κ2) is 8.19. The first-order chi connectivity index (χ1) is 14.2. The normalized spacial score (nSPS) is 17.7. The van der Waals surface area contributed by atoms with Crippen molar-refractivity contribution in [3.05, 3.63) is 58.9 Å². The zero-order valence-corrected chi connectivity index (χ0v) is 17.9. The van der Waals surface area contributed by atoms with E-state index in [0.717, 1.165) is 17.7 Å². The van der Waals surface area contributed by atoms with Crippen LogP contribution >= 0.6 is 0 Å². The van der Waals surface area contributed by atoms with Crippen LogP contribution < -0.4 is 15.0 Å². The van der Waals surface area contributed by atoms with Crippen molar-refractivity contribution in [2.24, 2.45) is 0 Å². The number of nitrogens with one attached hydrogen (secondary N) is 1. The van der Waals surface area contributed by atoms with E-state index in [1.165, 1.54) is 12.1 Å². The second-order valence-electron chi connectivity index (χ2n) is 8.26. The Kier molecular flexibility index (Phi) is 5.84. The van der Waals surface area contributed by atoms with Gasteiger partial charge in [-0.1, -0.05) is 6.92 Å². The van der Waals surface area contributed by atoms with Crippen LogP contribution in [0.2, 0.25) is 0 Å². The predicted molar refractivity (Wildman–Crippen MR) is 117 cm³/mol. The summed E-state index contributed by atoms with van der Waals surface area (Å²) in [5, 5.41) is 12.1. The molecule has 1 atom stereocenters.